The number of fused-ring (bicyclic) bond motifs is 1. The summed E-state index contributed by atoms with van der Waals surface area (Å²) in [6, 6.07) is 14.3. The lowest BCUT2D eigenvalue weighted by Gasteiger charge is -2.07. The minimum absolute atomic E-state index is 0.147. The molecule has 0 radical (unpaired) electrons. The van der Waals surface area contributed by atoms with Crippen LogP contribution in [0.25, 0.3) is 11.0 Å². The number of aromatic amines is 1. The molecule has 2 aromatic carbocycles. The van der Waals surface area contributed by atoms with Gasteiger partial charge in [-0.15, -0.1) is 0 Å². The lowest BCUT2D eigenvalue weighted by atomic mass is 10.2. The van der Waals surface area contributed by atoms with Crippen LogP contribution in [-0.4, -0.2) is 16.6 Å². The van der Waals surface area contributed by atoms with Crippen LogP contribution in [0.3, 0.4) is 0 Å². The van der Waals surface area contributed by atoms with Crippen molar-refractivity contribution in [3.8, 4) is 5.75 Å². The summed E-state index contributed by atoms with van der Waals surface area (Å²) >= 11 is 0. The standard InChI is InChI=1S/C15H13F2N3O/c16-14(17)21-11-5-3-4-10(8-11)9-18-15-19-12-6-1-2-7-13(12)20-15/h1-8,14H,9H2,(H2,18,19,20). The van der Waals surface area contributed by atoms with Crippen molar-refractivity contribution < 1.29 is 13.5 Å². The molecule has 2 N–H and O–H groups in total. The number of benzene rings is 2. The highest BCUT2D eigenvalue weighted by Crippen LogP contribution is 2.18. The van der Waals surface area contributed by atoms with Crippen molar-refractivity contribution in [2.24, 2.45) is 0 Å². The normalized spacial score (nSPS) is 11.0. The zero-order valence-electron chi connectivity index (χ0n) is 11.0. The number of H-pyrrole nitrogens is 1. The van der Waals surface area contributed by atoms with Crippen LogP contribution in [0.1, 0.15) is 5.56 Å². The molecule has 0 aliphatic heterocycles. The molecule has 108 valence electrons. The van der Waals surface area contributed by atoms with Gasteiger partial charge in [-0.3, -0.25) is 0 Å². The second-order valence-corrected chi connectivity index (χ2v) is 4.48. The van der Waals surface area contributed by atoms with E-state index >= 15 is 0 Å². The summed E-state index contributed by atoms with van der Waals surface area (Å²) < 4.78 is 28.7. The van der Waals surface area contributed by atoms with E-state index in [1.165, 1.54) is 6.07 Å². The molecule has 0 fully saturated rings. The van der Waals surface area contributed by atoms with E-state index in [4.69, 9.17) is 0 Å². The van der Waals surface area contributed by atoms with Crippen LogP contribution in [0.15, 0.2) is 48.5 Å². The van der Waals surface area contributed by atoms with E-state index in [-0.39, 0.29) is 5.75 Å². The summed E-state index contributed by atoms with van der Waals surface area (Å²) in [6.07, 6.45) is 0. The molecule has 21 heavy (non-hydrogen) atoms. The first-order chi connectivity index (χ1) is 10.2. The second kappa shape index (κ2) is 5.78. The van der Waals surface area contributed by atoms with Crippen molar-refractivity contribution in [2.45, 2.75) is 13.2 Å². The number of nitrogens with zero attached hydrogens (tertiary/aromatic N) is 1. The lowest BCUT2D eigenvalue weighted by Crippen LogP contribution is -2.04. The van der Waals surface area contributed by atoms with Crippen LogP contribution >= 0.6 is 0 Å². The molecule has 6 heteroatoms. The summed E-state index contributed by atoms with van der Waals surface area (Å²) in [7, 11) is 0. The quantitative estimate of drug-likeness (QED) is 0.751. The van der Waals surface area contributed by atoms with Crippen molar-refractivity contribution in [1.82, 2.24) is 9.97 Å². The van der Waals surface area contributed by atoms with Crippen LogP contribution in [0.4, 0.5) is 14.7 Å². The van der Waals surface area contributed by atoms with Gasteiger partial charge >= 0.3 is 6.61 Å². The predicted octanol–water partition coefficient (Wildman–Crippen LogP) is 3.78. The molecule has 0 amide bonds. The molecule has 1 aromatic heterocycles. The molecule has 1 heterocycles. The molecule has 3 rings (SSSR count). The first-order valence-corrected chi connectivity index (χ1v) is 6.43. The zero-order chi connectivity index (χ0) is 14.7. The Hall–Kier alpha value is -2.63. The molecule has 0 saturated carbocycles. The van der Waals surface area contributed by atoms with Crippen LogP contribution in [-0.2, 0) is 6.54 Å². The van der Waals surface area contributed by atoms with E-state index in [1.807, 2.05) is 30.3 Å². The van der Waals surface area contributed by atoms with E-state index < -0.39 is 6.61 Å². The first kappa shape index (κ1) is 13.4. The SMILES string of the molecule is FC(F)Oc1cccc(CNc2nc3ccccc3[nH]2)c1. The highest BCUT2D eigenvalue weighted by atomic mass is 19.3. The Kier molecular flexibility index (Phi) is 3.68. The van der Waals surface area contributed by atoms with Crippen LogP contribution in [0.5, 0.6) is 5.75 Å². The van der Waals surface area contributed by atoms with Gasteiger partial charge in [-0.2, -0.15) is 8.78 Å². The molecular weight excluding hydrogens is 276 g/mol. The largest absolute Gasteiger partial charge is 0.435 e. The van der Waals surface area contributed by atoms with Crippen LogP contribution < -0.4 is 10.1 Å². The van der Waals surface area contributed by atoms with Gasteiger partial charge in [-0.1, -0.05) is 24.3 Å². The minimum Gasteiger partial charge on any atom is -0.435 e. The van der Waals surface area contributed by atoms with E-state index in [0.717, 1.165) is 16.6 Å². The third-order valence-corrected chi connectivity index (χ3v) is 2.97. The summed E-state index contributed by atoms with van der Waals surface area (Å²) in [4.78, 5) is 7.52. The average Bonchev–Trinajstić information content (AvgIpc) is 2.87. The third kappa shape index (κ3) is 3.28. The fraction of sp³-hybridized carbons (Fsp3) is 0.133. The van der Waals surface area contributed by atoms with E-state index in [9.17, 15) is 8.78 Å². The Bertz CT molecular complexity index is 709. The van der Waals surface area contributed by atoms with Crippen LogP contribution in [0, 0.1) is 0 Å². The molecule has 0 saturated heterocycles. The Balaban J connectivity index is 1.69. The molecule has 0 spiro atoms. The summed E-state index contributed by atoms with van der Waals surface area (Å²) in [5, 5.41) is 3.12. The van der Waals surface area contributed by atoms with Crippen LogP contribution in [0.2, 0.25) is 0 Å². The monoisotopic (exact) mass is 289 g/mol. The number of alkyl halides is 2. The van der Waals surface area contributed by atoms with Gasteiger partial charge in [0.15, 0.2) is 0 Å². The van der Waals surface area contributed by atoms with Crippen molar-refractivity contribution in [1.29, 1.82) is 0 Å². The number of ether oxygens (including phenoxy) is 1. The van der Waals surface area contributed by atoms with E-state index in [1.54, 1.807) is 12.1 Å². The second-order valence-electron chi connectivity index (χ2n) is 4.48. The molecule has 0 aliphatic carbocycles. The maximum absolute atomic E-state index is 12.2. The predicted molar refractivity (Wildman–Crippen MR) is 76.5 cm³/mol. The van der Waals surface area contributed by atoms with Gasteiger partial charge in [0, 0.05) is 6.54 Å². The number of anilines is 1. The topological polar surface area (TPSA) is 49.9 Å². The number of halogens is 2. The Morgan fingerprint density at radius 3 is 2.81 bits per heavy atom. The van der Waals surface area contributed by atoms with Crippen molar-refractivity contribution in [3.63, 3.8) is 0 Å². The number of aromatic nitrogens is 2. The van der Waals surface area contributed by atoms with Crippen molar-refractivity contribution >= 4 is 17.0 Å². The molecular formula is C15H13F2N3O. The number of rotatable bonds is 5. The summed E-state index contributed by atoms with van der Waals surface area (Å²) in [5.41, 5.74) is 2.64. The van der Waals surface area contributed by atoms with Gasteiger partial charge in [-0.25, -0.2) is 4.98 Å². The average molecular weight is 289 g/mol. The molecule has 0 aliphatic rings. The smallest absolute Gasteiger partial charge is 0.387 e. The van der Waals surface area contributed by atoms with E-state index in [0.29, 0.717) is 12.5 Å². The number of hydrogen-bond donors (Lipinski definition) is 2. The fourth-order valence-electron chi connectivity index (χ4n) is 2.05. The molecule has 4 nitrogen and oxygen atoms in total. The Labute approximate surface area is 119 Å². The molecule has 0 unspecified atom stereocenters. The van der Waals surface area contributed by atoms with Gasteiger partial charge in [0.2, 0.25) is 5.95 Å². The minimum atomic E-state index is -2.82. The highest BCUT2D eigenvalue weighted by molar-refractivity contribution is 5.77. The van der Waals surface area contributed by atoms with Gasteiger partial charge in [0.25, 0.3) is 0 Å². The molecule has 0 atom stereocenters. The number of hydrogen-bond acceptors (Lipinski definition) is 3. The van der Waals surface area contributed by atoms with Crippen molar-refractivity contribution in [3.05, 3.63) is 54.1 Å². The Morgan fingerprint density at radius 2 is 2.00 bits per heavy atom. The summed E-state index contributed by atoms with van der Waals surface area (Å²) in [6.45, 7) is -2.36. The maximum atomic E-state index is 12.2. The van der Waals surface area contributed by atoms with Gasteiger partial charge in [0.1, 0.15) is 5.75 Å². The Morgan fingerprint density at radius 1 is 1.14 bits per heavy atom. The fourth-order valence-corrected chi connectivity index (χ4v) is 2.05. The maximum Gasteiger partial charge on any atom is 0.387 e. The number of imidazole rings is 1. The molecule has 3 aromatic rings. The van der Waals surface area contributed by atoms with Gasteiger partial charge in [0.05, 0.1) is 11.0 Å². The van der Waals surface area contributed by atoms with Crippen molar-refractivity contribution in [2.75, 3.05) is 5.32 Å². The lowest BCUT2D eigenvalue weighted by molar-refractivity contribution is -0.0498. The first-order valence-electron chi connectivity index (χ1n) is 6.43. The zero-order valence-corrected chi connectivity index (χ0v) is 11.0. The third-order valence-electron chi connectivity index (χ3n) is 2.97. The highest BCUT2D eigenvalue weighted by Gasteiger charge is 2.05. The number of nitrogens with one attached hydrogen (secondary N) is 2. The number of para-hydroxylation sites is 2. The van der Waals surface area contributed by atoms with Gasteiger partial charge in [-0.05, 0) is 29.8 Å². The van der Waals surface area contributed by atoms with Gasteiger partial charge < -0.3 is 15.0 Å². The summed E-state index contributed by atoms with van der Waals surface area (Å²) in [5.74, 6) is 0.783. The molecule has 0 bridgehead atoms. The van der Waals surface area contributed by atoms with E-state index in [2.05, 4.69) is 20.0 Å².